The second-order valence-electron chi connectivity index (χ2n) is 9.57. The van der Waals surface area contributed by atoms with Gasteiger partial charge in [-0.1, -0.05) is 67.6 Å². The van der Waals surface area contributed by atoms with Gasteiger partial charge in [0.15, 0.2) is 5.76 Å². The lowest BCUT2D eigenvalue weighted by atomic mass is 9.85. The molecule has 0 atom stereocenters. The fourth-order valence-electron chi connectivity index (χ4n) is 4.55. The Morgan fingerprint density at radius 3 is 2.38 bits per heavy atom. The molecule has 1 aliphatic carbocycles. The minimum absolute atomic E-state index is 0.0560. The van der Waals surface area contributed by atoms with E-state index in [0.717, 1.165) is 11.3 Å². The fourth-order valence-corrected chi connectivity index (χ4v) is 5.30. The highest BCUT2D eigenvalue weighted by molar-refractivity contribution is 7.99. The monoisotopic (exact) mass is 543 g/mol. The quantitative estimate of drug-likeness (QED) is 0.0543. The molecule has 7 heteroatoms. The number of allylic oxidation sites excluding steroid dienone is 1. The van der Waals surface area contributed by atoms with Gasteiger partial charge in [-0.15, -0.1) is 11.8 Å². The molecule has 1 saturated carbocycles. The van der Waals surface area contributed by atoms with Gasteiger partial charge < -0.3 is 9.25 Å². The van der Waals surface area contributed by atoms with Gasteiger partial charge in [0.25, 0.3) is 0 Å². The van der Waals surface area contributed by atoms with Crippen molar-refractivity contribution in [2.75, 3.05) is 5.75 Å². The zero-order valence-corrected chi connectivity index (χ0v) is 22.7. The summed E-state index contributed by atoms with van der Waals surface area (Å²) in [6, 6.07) is 19.4. The molecule has 0 aliphatic heterocycles. The van der Waals surface area contributed by atoms with Crippen LogP contribution in [0.15, 0.2) is 99.6 Å². The lowest BCUT2D eigenvalue weighted by Crippen LogP contribution is -2.18. The Bertz CT molecular complexity index is 1270. The second-order valence-corrected chi connectivity index (χ2v) is 10.7. The standard InChI is InChI=1S/C32H33NO5S/c34-29(30-15-9-22-37-30)14-7-8-23-39-27-19-17-25(18-20-27)31(35)28(21-16-24-10-3-1-4-11-24)33-38-32(36)26-12-5-2-6-13-26/h2,5-9,12-13,15,17-20,22,24H,1,3-4,10-11,14,16,21,23H2/b8-7-,33-28+. The molecule has 1 heterocycles. The zero-order valence-electron chi connectivity index (χ0n) is 21.9. The van der Waals surface area contributed by atoms with Gasteiger partial charge in [-0.3, -0.25) is 9.59 Å². The predicted octanol–water partition coefficient (Wildman–Crippen LogP) is 7.96. The lowest BCUT2D eigenvalue weighted by molar-refractivity contribution is 0.0514. The topological polar surface area (TPSA) is 85.9 Å². The number of hydrogen-bond acceptors (Lipinski definition) is 7. The molecule has 39 heavy (non-hydrogen) atoms. The Balaban J connectivity index is 1.34. The van der Waals surface area contributed by atoms with Crippen molar-refractivity contribution in [2.24, 2.45) is 11.1 Å². The largest absolute Gasteiger partial charge is 0.461 e. The van der Waals surface area contributed by atoms with Crippen LogP contribution in [0.3, 0.4) is 0 Å². The summed E-state index contributed by atoms with van der Waals surface area (Å²) in [5, 5.41) is 4.05. The number of hydrogen-bond donors (Lipinski definition) is 0. The van der Waals surface area contributed by atoms with Gasteiger partial charge in [0, 0.05) is 22.6 Å². The molecule has 4 rings (SSSR count). The Labute approximate surface area is 233 Å². The van der Waals surface area contributed by atoms with E-state index in [2.05, 4.69) is 5.16 Å². The SMILES string of the molecule is O=C(O/N=C(\CCC1CCCCC1)C(=O)c1ccc(SC/C=C\CC(=O)c2ccco2)cc1)c1ccccc1. The molecule has 0 radical (unpaired) electrons. The van der Waals surface area contributed by atoms with Crippen molar-refractivity contribution in [3.8, 4) is 0 Å². The van der Waals surface area contributed by atoms with Gasteiger partial charge >= 0.3 is 5.97 Å². The van der Waals surface area contributed by atoms with Gasteiger partial charge in [-0.05, 0) is 67.3 Å². The molecule has 0 amide bonds. The normalized spacial score (nSPS) is 14.4. The fraction of sp³-hybridized carbons (Fsp3) is 0.312. The number of furan rings is 1. The molecule has 0 bridgehead atoms. The summed E-state index contributed by atoms with van der Waals surface area (Å²) in [6.07, 6.45) is 13.0. The molecule has 1 fully saturated rings. The lowest BCUT2D eigenvalue weighted by Gasteiger charge is -2.21. The van der Waals surface area contributed by atoms with Crippen LogP contribution in [0.1, 0.15) is 82.6 Å². The van der Waals surface area contributed by atoms with Crippen LogP contribution in [0.2, 0.25) is 0 Å². The Morgan fingerprint density at radius 2 is 1.67 bits per heavy atom. The van der Waals surface area contributed by atoms with Crippen LogP contribution in [0.5, 0.6) is 0 Å². The first-order chi connectivity index (χ1) is 19.1. The molecule has 3 aromatic rings. The summed E-state index contributed by atoms with van der Waals surface area (Å²) in [7, 11) is 0. The number of thioether (sulfide) groups is 1. The molecule has 6 nitrogen and oxygen atoms in total. The van der Waals surface area contributed by atoms with Crippen molar-refractivity contribution < 1.29 is 23.6 Å². The molecule has 0 N–H and O–H groups in total. The number of carbonyl (C=O) groups is 3. The van der Waals surface area contributed by atoms with E-state index in [9.17, 15) is 14.4 Å². The summed E-state index contributed by atoms with van der Waals surface area (Å²) in [5.41, 5.74) is 1.17. The van der Waals surface area contributed by atoms with E-state index in [0.29, 0.717) is 41.4 Å². The average molecular weight is 544 g/mol. The van der Waals surface area contributed by atoms with E-state index in [1.54, 1.807) is 60.3 Å². The maximum absolute atomic E-state index is 13.4. The third-order valence-electron chi connectivity index (χ3n) is 6.75. The van der Waals surface area contributed by atoms with Gasteiger partial charge in [-0.2, -0.15) is 0 Å². The number of benzene rings is 2. The highest BCUT2D eigenvalue weighted by Gasteiger charge is 2.20. The molecule has 1 aromatic heterocycles. The minimum atomic E-state index is -0.579. The number of oxime groups is 1. The zero-order chi connectivity index (χ0) is 27.3. The number of rotatable bonds is 13. The number of ketones is 2. The molecule has 0 unspecified atom stereocenters. The Morgan fingerprint density at radius 1 is 0.897 bits per heavy atom. The summed E-state index contributed by atoms with van der Waals surface area (Å²) in [4.78, 5) is 44.0. The van der Waals surface area contributed by atoms with E-state index in [1.165, 1.54) is 38.4 Å². The van der Waals surface area contributed by atoms with E-state index < -0.39 is 5.97 Å². The predicted molar refractivity (Wildman–Crippen MR) is 153 cm³/mol. The maximum atomic E-state index is 13.4. The molecule has 0 spiro atoms. The Kier molecular flexibility index (Phi) is 10.9. The minimum Gasteiger partial charge on any atom is -0.461 e. The van der Waals surface area contributed by atoms with Crippen LogP contribution in [0.4, 0.5) is 0 Å². The van der Waals surface area contributed by atoms with Gasteiger partial charge in [-0.25, -0.2) is 4.79 Å². The van der Waals surface area contributed by atoms with Crippen molar-refractivity contribution in [1.29, 1.82) is 0 Å². The number of Topliss-reactive ketones (excluding diaryl/α,β-unsaturated/α-hetero) is 2. The van der Waals surface area contributed by atoms with Crippen LogP contribution in [0.25, 0.3) is 0 Å². The second kappa shape index (κ2) is 15.0. The third kappa shape index (κ3) is 8.93. The van der Waals surface area contributed by atoms with Crippen molar-refractivity contribution in [1.82, 2.24) is 0 Å². The van der Waals surface area contributed by atoms with Crippen LogP contribution < -0.4 is 0 Å². The van der Waals surface area contributed by atoms with Gasteiger partial charge in [0.1, 0.15) is 5.71 Å². The molecule has 0 saturated heterocycles. The van der Waals surface area contributed by atoms with Crippen molar-refractivity contribution >= 4 is 35.0 Å². The first-order valence-corrected chi connectivity index (χ1v) is 14.4. The first kappa shape index (κ1) is 28.3. The van der Waals surface area contributed by atoms with E-state index in [-0.39, 0.29) is 17.3 Å². The van der Waals surface area contributed by atoms with Gasteiger partial charge in [0.2, 0.25) is 11.6 Å². The molecule has 2 aromatic carbocycles. The first-order valence-electron chi connectivity index (χ1n) is 13.4. The molecule has 202 valence electrons. The van der Waals surface area contributed by atoms with Crippen molar-refractivity contribution in [2.45, 2.75) is 56.3 Å². The third-order valence-corrected chi connectivity index (χ3v) is 7.72. The highest BCUT2D eigenvalue weighted by Crippen LogP contribution is 2.28. The van der Waals surface area contributed by atoms with Crippen LogP contribution in [0, 0.1) is 5.92 Å². The average Bonchev–Trinajstić information content (AvgIpc) is 3.53. The van der Waals surface area contributed by atoms with Gasteiger partial charge in [0.05, 0.1) is 11.8 Å². The van der Waals surface area contributed by atoms with Crippen LogP contribution >= 0.6 is 11.8 Å². The summed E-state index contributed by atoms with van der Waals surface area (Å²) in [5.74, 6) is 0.776. The van der Waals surface area contributed by atoms with Crippen LogP contribution in [-0.4, -0.2) is 29.0 Å². The van der Waals surface area contributed by atoms with Crippen LogP contribution in [-0.2, 0) is 4.84 Å². The number of nitrogens with zero attached hydrogens (tertiary/aromatic N) is 1. The number of carbonyl (C=O) groups excluding carboxylic acids is 3. The Hall–Kier alpha value is -3.71. The summed E-state index contributed by atoms with van der Waals surface area (Å²) < 4.78 is 5.11. The highest BCUT2D eigenvalue weighted by atomic mass is 32.2. The summed E-state index contributed by atoms with van der Waals surface area (Å²) >= 11 is 1.61. The molecule has 1 aliphatic rings. The van der Waals surface area contributed by atoms with Crippen molar-refractivity contribution in [3.05, 3.63) is 102 Å². The van der Waals surface area contributed by atoms with E-state index >= 15 is 0 Å². The molecular formula is C32H33NO5S. The smallest absolute Gasteiger partial charge is 0.365 e. The van der Waals surface area contributed by atoms with E-state index in [4.69, 9.17) is 9.25 Å². The van der Waals surface area contributed by atoms with E-state index in [1.807, 2.05) is 30.4 Å². The summed E-state index contributed by atoms with van der Waals surface area (Å²) in [6.45, 7) is 0. The maximum Gasteiger partial charge on any atom is 0.365 e. The van der Waals surface area contributed by atoms with Crippen molar-refractivity contribution in [3.63, 3.8) is 0 Å². The molecular weight excluding hydrogens is 510 g/mol.